The van der Waals surface area contributed by atoms with Gasteiger partial charge in [0.15, 0.2) is 12.4 Å². The van der Waals surface area contributed by atoms with Crippen LogP contribution in [0, 0.1) is 0 Å². The van der Waals surface area contributed by atoms with E-state index in [2.05, 4.69) is 4.74 Å². The number of alkyl halides is 3. The molecule has 1 fully saturated rings. The van der Waals surface area contributed by atoms with Crippen molar-refractivity contribution in [3.63, 3.8) is 0 Å². The van der Waals surface area contributed by atoms with Crippen molar-refractivity contribution in [1.82, 2.24) is 4.90 Å². The first kappa shape index (κ1) is 21.8. The average molecular weight is 424 g/mol. The van der Waals surface area contributed by atoms with Crippen LogP contribution in [0.5, 0.6) is 11.5 Å². The van der Waals surface area contributed by atoms with Gasteiger partial charge in [-0.2, -0.15) is 0 Å². The predicted molar refractivity (Wildman–Crippen MR) is 104 cm³/mol. The maximum Gasteiger partial charge on any atom is 0.573 e. The van der Waals surface area contributed by atoms with Crippen LogP contribution in [0.2, 0.25) is 0 Å². The number of amides is 1. The van der Waals surface area contributed by atoms with Crippen molar-refractivity contribution in [2.45, 2.75) is 25.4 Å². The summed E-state index contributed by atoms with van der Waals surface area (Å²) in [5.41, 5.74) is 1.06. The van der Waals surface area contributed by atoms with Crippen molar-refractivity contribution >= 4 is 11.6 Å². The fourth-order valence-electron chi connectivity index (χ4n) is 3.37. The molecule has 1 amide bonds. The van der Waals surface area contributed by atoms with Crippen LogP contribution in [-0.2, 0) is 11.4 Å². The Morgan fingerprint density at radius 3 is 2.57 bits per heavy atom. The Morgan fingerprint density at radius 1 is 1.20 bits per heavy atom. The van der Waals surface area contributed by atoms with Gasteiger partial charge in [0.1, 0.15) is 5.75 Å². The first-order valence-corrected chi connectivity index (χ1v) is 9.45. The molecule has 0 bridgehead atoms. The van der Waals surface area contributed by atoms with Crippen LogP contribution in [-0.4, -0.2) is 55.1 Å². The number of carbonyl (C=O) groups is 1. The number of hydrogen-bond donors (Lipinski definition) is 1. The molecule has 1 aliphatic rings. The Morgan fingerprint density at radius 2 is 1.90 bits per heavy atom. The molecule has 30 heavy (non-hydrogen) atoms. The van der Waals surface area contributed by atoms with Crippen LogP contribution in [0.25, 0.3) is 0 Å². The first-order chi connectivity index (χ1) is 14.3. The third kappa shape index (κ3) is 5.56. The largest absolute Gasteiger partial charge is 0.573 e. The number of likely N-dealkylation sites (N-methyl/N-ethyl adjacent to an activating group) is 1. The van der Waals surface area contributed by atoms with E-state index >= 15 is 0 Å². The van der Waals surface area contributed by atoms with Crippen LogP contribution >= 0.6 is 0 Å². The zero-order valence-corrected chi connectivity index (χ0v) is 16.4. The molecule has 0 aromatic heterocycles. The zero-order valence-electron chi connectivity index (χ0n) is 16.4. The minimum atomic E-state index is -4.78. The molecule has 0 radical (unpaired) electrons. The standard InChI is InChI=1S/C21H23F3N2O4/c1-25(18-4-2-3-5-19(18)30-21(22,23)24)16-10-11-26(12-16)20(28)14-29-17-8-6-15(13-27)7-9-17/h2-9,16,27H,10-14H2,1H3. The maximum atomic E-state index is 12.7. The number of rotatable bonds is 7. The molecule has 0 spiro atoms. The quantitative estimate of drug-likeness (QED) is 0.740. The topological polar surface area (TPSA) is 62.2 Å². The Balaban J connectivity index is 1.57. The van der Waals surface area contributed by atoms with E-state index in [0.717, 1.165) is 5.56 Å². The van der Waals surface area contributed by atoms with Crippen molar-refractivity contribution in [3.8, 4) is 11.5 Å². The second-order valence-corrected chi connectivity index (χ2v) is 7.00. The van der Waals surface area contributed by atoms with Gasteiger partial charge >= 0.3 is 6.36 Å². The number of carbonyl (C=O) groups excluding carboxylic acids is 1. The summed E-state index contributed by atoms with van der Waals surface area (Å²) >= 11 is 0. The molecule has 1 saturated heterocycles. The Labute approximate surface area is 172 Å². The van der Waals surface area contributed by atoms with Gasteiger partial charge in [-0.25, -0.2) is 0 Å². The normalized spacial score (nSPS) is 16.4. The summed E-state index contributed by atoms with van der Waals surface area (Å²) in [6, 6.07) is 12.6. The van der Waals surface area contributed by atoms with Crippen LogP contribution in [0.3, 0.4) is 0 Å². The molecule has 3 rings (SSSR count). The number of benzene rings is 2. The van der Waals surface area contributed by atoms with E-state index in [1.54, 1.807) is 53.2 Å². The van der Waals surface area contributed by atoms with E-state index in [1.807, 2.05) is 0 Å². The van der Waals surface area contributed by atoms with E-state index in [0.29, 0.717) is 30.9 Å². The Kier molecular flexibility index (Phi) is 6.71. The lowest BCUT2D eigenvalue weighted by Crippen LogP contribution is -2.38. The molecule has 1 N–H and O–H groups in total. The number of para-hydroxylation sites is 2. The van der Waals surface area contributed by atoms with Gasteiger partial charge in [0.2, 0.25) is 0 Å². The Hall–Kier alpha value is -2.94. The average Bonchev–Trinajstić information content (AvgIpc) is 3.21. The highest BCUT2D eigenvalue weighted by molar-refractivity contribution is 5.78. The highest BCUT2D eigenvalue weighted by Crippen LogP contribution is 2.34. The SMILES string of the molecule is CN(c1ccccc1OC(F)(F)F)C1CCN(C(=O)COc2ccc(CO)cc2)C1. The molecule has 1 aliphatic heterocycles. The van der Waals surface area contributed by atoms with E-state index in [9.17, 15) is 18.0 Å². The number of aliphatic hydroxyl groups excluding tert-OH is 1. The Bertz CT molecular complexity index is 858. The van der Waals surface area contributed by atoms with Gasteiger partial charge in [-0.05, 0) is 36.2 Å². The number of hydrogen-bond acceptors (Lipinski definition) is 5. The molecule has 6 nitrogen and oxygen atoms in total. The van der Waals surface area contributed by atoms with E-state index in [1.165, 1.54) is 12.1 Å². The van der Waals surface area contributed by atoms with Crippen molar-refractivity contribution in [3.05, 3.63) is 54.1 Å². The summed E-state index contributed by atoms with van der Waals surface area (Å²) in [5, 5.41) is 9.05. The number of anilines is 1. The lowest BCUT2D eigenvalue weighted by Gasteiger charge is -2.28. The lowest BCUT2D eigenvalue weighted by molar-refractivity contribution is -0.274. The van der Waals surface area contributed by atoms with Gasteiger partial charge < -0.3 is 24.4 Å². The van der Waals surface area contributed by atoms with Gasteiger partial charge in [-0.15, -0.1) is 13.2 Å². The summed E-state index contributed by atoms with van der Waals surface area (Å²) in [6.45, 7) is 0.660. The van der Waals surface area contributed by atoms with Crippen LogP contribution in [0.15, 0.2) is 48.5 Å². The van der Waals surface area contributed by atoms with E-state index in [-0.39, 0.29) is 30.9 Å². The summed E-state index contributed by atoms with van der Waals surface area (Å²) < 4.78 is 47.7. The number of nitrogens with zero attached hydrogens (tertiary/aromatic N) is 2. The summed E-state index contributed by atoms with van der Waals surface area (Å²) in [6.07, 6.45) is -4.16. The smallest absolute Gasteiger partial charge is 0.484 e. The third-order valence-electron chi connectivity index (χ3n) is 5.00. The summed E-state index contributed by atoms with van der Waals surface area (Å²) in [4.78, 5) is 15.8. The fraction of sp³-hybridized carbons (Fsp3) is 0.381. The molecule has 1 heterocycles. The number of likely N-dealkylation sites (tertiary alicyclic amines) is 1. The van der Waals surface area contributed by atoms with Crippen LogP contribution < -0.4 is 14.4 Å². The van der Waals surface area contributed by atoms with Crippen molar-refractivity contribution in [2.24, 2.45) is 0 Å². The summed E-state index contributed by atoms with van der Waals surface area (Å²) in [7, 11) is 1.69. The van der Waals surface area contributed by atoms with E-state index in [4.69, 9.17) is 9.84 Å². The molecule has 1 unspecified atom stereocenters. The van der Waals surface area contributed by atoms with Gasteiger partial charge in [0.25, 0.3) is 5.91 Å². The summed E-state index contributed by atoms with van der Waals surface area (Å²) in [5.74, 6) is 0.0514. The zero-order chi connectivity index (χ0) is 21.7. The highest BCUT2D eigenvalue weighted by Gasteiger charge is 2.34. The third-order valence-corrected chi connectivity index (χ3v) is 5.00. The number of halogens is 3. The highest BCUT2D eigenvalue weighted by atomic mass is 19.4. The first-order valence-electron chi connectivity index (χ1n) is 9.45. The lowest BCUT2D eigenvalue weighted by atomic mass is 10.2. The minimum Gasteiger partial charge on any atom is -0.484 e. The number of aliphatic hydroxyl groups is 1. The number of ether oxygens (including phenoxy) is 2. The second-order valence-electron chi connectivity index (χ2n) is 7.00. The van der Waals surface area contributed by atoms with Crippen molar-refractivity contribution < 1.29 is 32.5 Å². The van der Waals surface area contributed by atoms with Gasteiger partial charge in [0.05, 0.1) is 12.3 Å². The van der Waals surface area contributed by atoms with Crippen molar-refractivity contribution in [2.75, 3.05) is 31.6 Å². The fourth-order valence-corrected chi connectivity index (χ4v) is 3.37. The minimum absolute atomic E-state index is 0.0704. The predicted octanol–water partition coefficient (Wildman–Crippen LogP) is 3.19. The molecular weight excluding hydrogens is 401 g/mol. The molecule has 0 aliphatic carbocycles. The van der Waals surface area contributed by atoms with Crippen LogP contribution in [0.1, 0.15) is 12.0 Å². The molecule has 9 heteroatoms. The monoisotopic (exact) mass is 424 g/mol. The maximum absolute atomic E-state index is 12.7. The van der Waals surface area contributed by atoms with Crippen molar-refractivity contribution in [1.29, 1.82) is 0 Å². The second kappa shape index (κ2) is 9.25. The molecule has 1 atom stereocenters. The molecule has 162 valence electrons. The van der Waals surface area contributed by atoms with Gasteiger partial charge in [0, 0.05) is 26.2 Å². The van der Waals surface area contributed by atoms with Gasteiger partial charge in [-0.3, -0.25) is 4.79 Å². The molecular formula is C21H23F3N2O4. The molecule has 0 saturated carbocycles. The molecule has 2 aromatic rings. The molecule has 2 aromatic carbocycles. The van der Waals surface area contributed by atoms with Gasteiger partial charge in [-0.1, -0.05) is 24.3 Å². The van der Waals surface area contributed by atoms with Crippen LogP contribution in [0.4, 0.5) is 18.9 Å². The van der Waals surface area contributed by atoms with E-state index < -0.39 is 6.36 Å².